The molecule has 31 heavy (non-hydrogen) atoms. The maximum atomic E-state index is 12.5. The second-order valence-electron chi connectivity index (χ2n) is 7.93. The van der Waals surface area contributed by atoms with Crippen molar-refractivity contribution in [2.45, 2.75) is 36.7 Å². The van der Waals surface area contributed by atoms with Crippen LogP contribution in [0.25, 0.3) is 33.2 Å². The molecule has 0 amide bonds. The van der Waals surface area contributed by atoms with Crippen LogP contribution in [0.1, 0.15) is 30.3 Å². The molecule has 0 atom stereocenters. The van der Waals surface area contributed by atoms with Gasteiger partial charge in [-0.25, -0.2) is 4.98 Å². The van der Waals surface area contributed by atoms with Crippen LogP contribution in [0.15, 0.2) is 58.6 Å². The minimum Gasteiger partial charge on any atom is -0.360 e. The van der Waals surface area contributed by atoms with E-state index in [1.165, 1.54) is 0 Å². The molecule has 0 unspecified atom stereocenters. The second kappa shape index (κ2) is 7.09. The Morgan fingerprint density at radius 3 is 2.81 bits per heavy atom. The van der Waals surface area contributed by atoms with E-state index in [-0.39, 0.29) is 5.56 Å². The first-order valence-electron chi connectivity index (χ1n) is 10.3. The van der Waals surface area contributed by atoms with Crippen LogP contribution in [-0.4, -0.2) is 29.7 Å². The summed E-state index contributed by atoms with van der Waals surface area (Å²) in [5.41, 5.74) is 3.80. The first kappa shape index (κ1) is 18.4. The van der Waals surface area contributed by atoms with Crippen molar-refractivity contribution in [3.63, 3.8) is 0 Å². The standard InChI is InChI=1S/C23H20N6OS/c1-13-5-4-7-16-20(13)25-19(26-22(16)30)12-31-23-28-27-21(29(23)14-9-10-14)17-11-24-18-8-3-2-6-15(17)18/h2-8,11,14,24H,9-10,12H2,1H3,(H,25,26,30). The fourth-order valence-electron chi connectivity index (χ4n) is 4.03. The Balaban J connectivity index is 1.36. The largest absolute Gasteiger partial charge is 0.360 e. The Morgan fingerprint density at radius 2 is 1.94 bits per heavy atom. The van der Waals surface area contributed by atoms with Crippen LogP contribution in [-0.2, 0) is 5.75 Å². The van der Waals surface area contributed by atoms with E-state index >= 15 is 0 Å². The molecule has 0 aliphatic heterocycles. The number of para-hydroxylation sites is 2. The van der Waals surface area contributed by atoms with Crippen LogP contribution in [0.4, 0.5) is 0 Å². The van der Waals surface area contributed by atoms with E-state index in [9.17, 15) is 4.79 Å². The molecule has 154 valence electrons. The van der Waals surface area contributed by atoms with Crippen LogP contribution in [0.3, 0.4) is 0 Å². The van der Waals surface area contributed by atoms with E-state index in [1.807, 2.05) is 43.5 Å². The van der Waals surface area contributed by atoms with Gasteiger partial charge < -0.3 is 9.97 Å². The molecule has 1 saturated carbocycles. The highest BCUT2D eigenvalue weighted by Crippen LogP contribution is 2.42. The van der Waals surface area contributed by atoms with Crippen LogP contribution >= 0.6 is 11.8 Å². The fraction of sp³-hybridized carbons (Fsp3) is 0.217. The summed E-state index contributed by atoms with van der Waals surface area (Å²) in [5, 5.41) is 11.7. The number of H-pyrrole nitrogens is 2. The molecule has 1 aliphatic rings. The van der Waals surface area contributed by atoms with Gasteiger partial charge >= 0.3 is 0 Å². The van der Waals surface area contributed by atoms with Gasteiger partial charge in [0.15, 0.2) is 11.0 Å². The van der Waals surface area contributed by atoms with Crippen molar-refractivity contribution < 1.29 is 0 Å². The average molecular weight is 429 g/mol. The zero-order valence-electron chi connectivity index (χ0n) is 16.9. The Morgan fingerprint density at radius 1 is 1.10 bits per heavy atom. The Bertz CT molecular complexity index is 1490. The van der Waals surface area contributed by atoms with Gasteiger partial charge in [0.1, 0.15) is 5.82 Å². The third kappa shape index (κ3) is 3.14. The second-order valence-corrected chi connectivity index (χ2v) is 8.87. The molecule has 8 heteroatoms. The summed E-state index contributed by atoms with van der Waals surface area (Å²) in [6.07, 6.45) is 4.27. The molecular weight excluding hydrogens is 408 g/mol. The number of hydrogen-bond acceptors (Lipinski definition) is 5. The molecule has 0 radical (unpaired) electrons. The summed E-state index contributed by atoms with van der Waals surface area (Å²) in [6.45, 7) is 1.98. The SMILES string of the molecule is Cc1cccc2c(=O)[nH]c(CSc3nnc(-c4c[nH]c5ccccc45)n3C3CC3)nc12. The molecule has 2 N–H and O–H groups in total. The maximum Gasteiger partial charge on any atom is 0.258 e. The molecule has 1 aliphatic carbocycles. The van der Waals surface area contributed by atoms with Gasteiger partial charge in [0.2, 0.25) is 0 Å². The van der Waals surface area contributed by atoms with Crippen LogP contribution in [0.5, 0.6) is 0 Å². The van der Waals surface area contributed by atoms with Crippen molar-refractivity contribution >= 4 is 33.6 Å². The molecule has 0 saturated heterocycles. The normalized spacial score (nSPS) is 14.0. The average Bonchev–Trinajstić information content (AvgIpc) is 3.39. The van der Waals surface area contributed by atoms with E-state index < -0.39 is 0 Å². The molecule has 0 spiro atoms. The van der Waals surface area contributed by atoms with Crippen LogP contribution in [0, 0.1) is 6.92 Å². The number of hydrogen-bond donors (Lipinski definition) is 2. The van der Waals surface area contributed by atoms with Crippen LogP contribution < -0.4 is 5.56 Å². The van der Waals surface area contributed by atoms with Crippen LogP contribution in [0.2, 0.25) is 0 Å². The van der Waals surface area contributed by atoms with E-state index in [1.54, 1.807) is 11.8 Å². The van der Waals surface area contributed by atoms with Crippen molar-refractivity contribution in [1.29, 1.82) is 0 Å². The van der Waals surface area contributed by atoms with Crippen molar-refractivity contribution in [2.75, 3.05) is 0 Å². The number of thioether (sulfide) groups is 1. The van der Waals surface area contributed by atoms with Gasteiger partial charge in [0, 0.05) is 28.7 Å². The number of aryl methyl sites for hydroxylation is 1. The molecule has 0 bridgehead atoms. The lowest BCUT2D eigenvalue weighted by atomic mass is 10.1. The van der Waals surface area contributed by atoms with E-state index in [0.29, 0.717) is 23.0 Å². The lowest BCUT2D eigenvalue weighted by molar-refractivity contribution is 0.669. The van der Waals surface area contributed by atoms with Crippen molar-refractivity contribution in [2.24, 2.45) is 0 Å². The zero-order valence-corrected chi connectivity index (χ0v) is 17.7. The van der Waals surface area contributed by atoms with Crippen molar-refractivity contribution in [1.82, 2.24) is 29.7 Å². The number of benzene rings is 2. The summed E-state index contributed by atoms with van der Waals surface area (Å²) in [5.74, 6) is 2.06. The molecule has 1 fully saturated rings. The monoisotopic (exact) mass is 428 g/mol. The molecule has 6 rings (SSSR count). The van der Waals surface area contributed by atoms with Crippen molar-refractivity contribution in [3.05, 3.63) is 70.4 Å². The van der Waals surface area contributed by atoms with Crippen molar-refractivity contribution in [3.8, 4) is 11.4 Å². The highest BCUT2D eigenvalue weighted by Gasteiger charge is 2.31. The Kier molecular flexibility index (Phi) is 4.21. The molecule has 5 aromatic rings. The maximum absolute atomic E-state index is 12.5. The van der Waals surface area contributed by atoms with Gasteiger partial charge in [0.25, 0.3) is 5.56 Å². The topological polar surface area (TPSA) is 92.3 Å². The Hall–Kier alpha value is -3.39. The predicted octanol–water partition coefficient (Wildman–Crippen LogP) is 4.60. The van der Waals surface area contributed by atoms with E-state index in [0.717, 1.165) is 51.4 Å². The highest BCUT2D eigenvalue weighted by molar-refractivity contribution is 7.98. The van der Waals surface area contributed by atoms with Gasteiger partial charge in [-0.1, -0.05) is 42.1 Å². The Labute approximate surface area is 181 Å². The minimum absolute atomic E-state index is 0.104. The third-order valence-corrected chi connectivity index (χ3v) is 6.69. The quantitative estimate of drug-likeness (QED) is 0.399. The number of fused-ring (bicyclic) bond motifs is 2. The molecule has 2 aromatic carbocycles. The van der Waals surface area contributed by atoms with E-state index in [2.05, 4.69) is 36.9 Å². The lowest BCUT2D eigenvalue weighted by Crippen LogP contribution is -2.12. The van der Waals surface area contributed by atoms with Gasteiger partial charge in [0.05, 0.1) is 16.7 Å². The van der Waals surface area contributed by atoms with Gasteiger partial charge in [-0.3, -0.25) is 9.36 Å². The third-order valence-electron chi connectivity index (χ3n) is 5.73. The first-order chi connectivity index (χ1) is 15.2. The zero-order chi connectivity index (χ0) is 20.9. The smallest absolute Gasteiger partial charge is 0.258 e. The lowest BCUT2D eigenvalue weighted by Gasteiger charge is -2.09. The number of nitrogens with one attached hydrogen (secondary N) is 2. The number of rotatable bonds is 5. The number of aromatic nitrogens is 6. The molecular formula is C23H20N6OS. The van der Waals surface area contributed by atoms with Gasteiger partial charge in [-0.15, -0.1) is 10.2 Å². The van der Waals surface area contributed by atoms with Gasteiger partial charge in [-0.2, -0.15) is 0 Å². The minimum atomic E-state index is -0.104. The molecule has 3 heterocycles. The van der Waals surface area contributed by atoms with Gasteiger partial charge in [-0.05, 0) is 37.5 Å². The summed E-state index contributed by atoms with van der Waals surface area (Å²) in [6, 6.07) is 14.3. The summed E-state index contributed by atoms with van der Waals surface area (Å²) in [4.78, 5) is 23.4. The molecule has 3 aromatic heterocycles. The molecule has 7 nitrogen and oxygen atoms in total. The summed E-state index contributed by atoms with van der Waals surface area (Å²) < 4.78 is 2.24. The first-order valence-corrected chi connectivity index (χ1v) is 11.3. The number of aromatic amines is 2. The highest BCUT2D eigenvalue weighted by atomic mass is 32.2. The predicted molar refractivity (Wildman–Crippen MR) is 122 cm³/mol. The number of nitrogens with zero attached hydrogens (tertiary/aromatic N) is 4. The fourth-order valence-corrected chi connectivity index (χ4v) is 4.91. The summed E-state index contributed by atoms with van der Waals surface area (Å²) >= 11 is 1.56. The summed E-state index contributed by atoms with van der Waals surface area (Å²) in [7, 11) is 0. The van der Waals surface area contributed by atoms with E-state index in [4.69, 9.17) is 4.98 Å².